The molecule has 0 radical (unpaired) electrons. The van der Waals surface area contributed by atoms with E-state index in [1.54, 1.807) is 6.07 Å². The van der Waals surface area contributed by atoms with Crippen LogP contribution in [0.3, 0.4) is 0 Å². The van der Waals surface area contributed by atoms with Crippen LogP contribution in [0.4, 0.5) is 0 Å². The summed E-state index contributed by atoms with van der Waals surface area (Å²) in [5.41, 5.74) is 2.39. The molecule has 0 amide bonds. The van der Waals surface area contributed by atoms with Gasteiger partial charge in [0, 0.05) is 30.1 Å². The molecule has 7 nitrogen and oxygen atoms in total. The summed E-state index contributed by atoms with van der Waals surface area (Å²) in [7, 11) is 4.04. The molecule has 1 atom stereocenters. The molecule has 2 heterocycles. The second-order valence-electron chi connectivity index (χ2n) is 8.22. The van der Waals surface area contributed by atoms with Crippen molar-refractivity contribution in [1.29, 1.82) is 0 Å². The number of hydrogen-bond donors (Lipinski definition) is 2. The van der Waals surface area contributed by atoms with Gasteiger partial charge >= 0.3 is 0 Å². The highest BCUT2D eigenvalue weighted by Gasteiger charge is 2.18. The number of nitrogens with one attached hydrogen (secondary N) is 2. The van der Waals surface area contributed by atoms with Gasteiger partial charge in [-0.25, -0.2) is 0 Å². The number of pyridine rings is 1. The number of thiocarbonyl (C=S) groups is 1. The van der Waals surface area contributed by atoms with E-state index in [-0.39, 0.29) is 18.4 Å². The predicted molar refractivity (Wildman–Crippen MR) is 130 cm³/mol. The number of hydrogen-bond acceptors (Lipinski definition) is 5. The van der Waals surface area contributed by atoms with Crippen molar-refractivity contribution in [3.63, 3.8) is 0 Å². The van der Waals surface area contributed by atoms with Crippen molar-refractivity contribution in [2.75, 3.05) is 34.0 Å². The molecule has 0 aliphatic carbocycles. The number of aromatic nitrogens is 1. The fourth-order valence-electron chi connectivity index (χ4n) is 3.64. The van der Waals surface area contributed by atoms with Crippen LogP contribution in [-0.2, 0) is 6.54 Å². The SMILES string of the molecule is C[C@@H](NC(=S)N(CCN(C)C)Cc1cc2cc3c(cc2[nH]c1=O)OCO3)c1ccccc1. The lowest BCUT2D eigenvalue weighted by atomic mass is 10.1. The van der Waals surface area contributed by atoms with E-state index in [1.807, 2.05) is 49.3 Å². The Hall–Kier alpha value is -3.10. The zero-order chi connectivity index (χ0) is 22.7. The molecule has 0 saturated carbocycles. The Labute approximate surface area is 192 Å². The minimum atomic E-state index is -0.134. The fraction of sp³-hybridized carbons (Fsp3) is 0.333. The van der Waals surface area contributed by atoms with Crippen LogP contribution in [0, 0.1) is 0 Å². The van der Waals surface area contributed by atoms with Gasteiger partial charge in [-0.05, 0) is 50.9 Å². The summed E-state index contributed by atoms with van der Waals surface area (Å²) in [6, 6.07) is 15.8. The van der Waals surface area contributed by atoms with Gasteiger partial charge in [0.15, 0.2) is 16.6 Å². The maximum absolute atomic E-state index is 12.8. The van der Waals surface area contributed by atoms with Gasteiger partial charge in [-0.2, -0.15) is 0 Å². The van der Waals surface area contributed by atoms with Gasteiger partial charge in [-0.3, -0.25) is 4.79 Å². The highest BCUT2D eigenvalue weighted by Crippen LogP contribution is 2.35. The number of likely N-dealkylation sites (N-methyl/N-ethyl adjacent to an activating group) is 1. The maximum Gasteiger partial charge on any atom is 0.253 e. The standard InChI is InChI=1S/C24H28N4O3S/c1-16(17-7-5-4-6-8-17)25-24(32)28(10-9-27(2)3)14-19-11-18-12-21-22(31-15-30-21)13-20(18)26-23(19)29/h4-8,11-13,16H,9-10,14-15H2,1-3H3,(H,25,32)(H,26,29)/t16-/m1/s1. The smallest absolute Gasteiger partial charge is 0.253 e. The van der Waals surface area contributed by atoms with Crippen molar-refractivity contribution in [2.24, 2.45) is 0 Å². The molecule has 2 N–H and O–H groups in total. The lowest BCUT2D eigenvalue weighted by molar-refractivity contribution is 0.174. The van der Waals surface area contributed by atoms with E-state index in [0.717, 1.165) is 23.0 Å². The van der Waals surface area contributed by atoms with E-state index in [9.17, 15) is 4.79 Å². The first-order chi connectivity index (χ1) is 15.4. The van der Waals surface area contributed by atoms with E-state index >= 15 is 0 Å². The molecule has 2 aromatic carbocycles. The second kappa shape index (κ2) is 9.58. The quantitative estimate of drug-likeness (QED) is 0.533. The molecular formula is C24H28N4O3S. The van der Waals surface area contributed by atoms with Gasteiger partial charge < -0.3 is 29.6 Å². The number of benzene rings is 2. The van der Waals surface area contributed by atoms with Crippen LogP contribution in [0.15, 0.2) is 53.3 Å². The van der Waals surface area contributed by atoms with Gasteiger partial charge in [0.1, 0.15) is 0 Å². The molecule has 8 heteroatoms. The molecule has 168 valence electrons. The van der Waals surface area contributed by atoms with Gasteiger partial charge in [0.2, 0.25) is 6.79 Å². The number of nitrogens with zero attached hydrogens (tertiary/aromatic N) is 2. The first-order valence-corrected chi connectivity index (χ1v) is 11.0. The Morgan fingerprint density at radius 3 is 2.56 bits per heavy atom. The molecule has 1 aliphatic heterocycles. The molecule has 4 rings (SSSR count). The number of H-pyrrole nitrogens is 1. The molecule has 0 unspecified atom stereocenters. The highest BCUT2D eigenvalue weighted by atomic mass is 32.1. The third-order valence-electron chi connectivity index (χ3n) is 5.52. The Balaban J connectivity index is 1.57. The highest BCUT2D eigenvalue weighted by molar-refractivity contribution is 7.80. The topological polar surface area (TPSA) is 69.8 Å². The largest absolute Gasteiger partial charge is 0.454 e. The Morgan fingerprint density at radius 2 is 1.84 bits per heavy atom. The van der Waals surface area contributed by atoms with E-state index < -0.39 is 0 Å². The minimum absolute atomic E-state index is 0.0557. The minimum Gasteiger partial charge on any atom is -0.454 e. The summed E-state index contributed by atoms with van der Waals surface area (Å²) in [6.45, 7) is 4.18. The van der Waals surface area contributed by atoms with Crippen LogP contribution in [-0.4, -0.2) is 53.9 Å². The van der Waals surface area contributed by atoms with Crippen LogP contribution in [0.2, 0.25) is 0 Å². The molecule has 0 fully saturated rings. The molecule has 1 aromatic heterocycles. The summed E-state index contributed by atoms with van der Waals surface area (Å²) in [5.74, 6) is 1.34. The molecule has 3 aromatic rings. The lowest BCUT2D eigenvalue weighted by Crippen LogP contribution is -2.44. The summed E-state index contributed by atoms with van der Waals surface area (Å²) in [6.07, 6.45) is 0. The average molecular weight is 453 g/mol. The number of fused-ring (bicyclic) bond motifs is 2. The van der Waals surface area contributed by atoms with E-state index in [4.69, 9.17) is 21.7 Å². The zero-order valence-electron chi connectivity index (χ0n) is 18.6. The summed E-state index contributed by atoms with van der Waals surface area (Å²) in [4.78, 5) is 20.0. The Bertz CT molecular complexity index is 1160. The first kappa shape index (κ1) is 22.1. The molecule has 1 aliphatic rings. The summed E-state index contributed by atoms with van der Waals surface area (Å²) >= 11 is 5.75. The molecule has 32 heavy (non-hydrogen) atoms. The Kier molecular flexibility index (Phi) is 6.62. The van der Waals surface area contributed by atoms with Gasteiger partial charge in [-0.1, -0.05) is 30.3 Å². The van der Waals surface area contributed by atoms with Gasteiger partial charge in [0.05, 0.1) is 18.1 Å². The molecule has 0 spiro atoms. The predicted octanol–water partition coefficient (Wildman–Crippen LogP) is 3.26. The van der Waals surface area contributed by atoms with E-state index in [2.05, 4.69) is 34.3 Å². The van der Waals surface area contributed by atoms with Crippen molar-refractivity contribution >= 4 is 28.2 Å². The van der Waals surface area contributed by atoms with Crippen LogP contribution >= 0.6 is 12.2 Å². The van der Waals surface area contributed by atoms with E-state index in [0.29, 0.717) is 35.3 Å². The van der Waals surface area contributed by atoms with Crippen LogP contribution in [0.1, 0.15) is 24.1 Å². The molecule has 0 saturated heterocycles. The lowest BCUT2D eigenvalue weighted by Gasteiger charge is -2.29. The monoisotopic (exact) mass is 452 g/mol. The molecular weight excluding hydrogens is 424 g/mol. The average Bonchev–Trinajstić information content (AvgIpc) is 3.23. The van der Waals surface area contributed by atoms with Crippen LogP contribution < -0.4 is 20.3 Å². The van der Waals surface area contributed by atoms with Crippen molar-refractivity contribution < 1.29 is 9.47 Å². The van der Waals surface area contributed by atoms with Crippen molar-refractivity contribution in [2.45, 2.75) is 19.5 Å². The van der Waals surface area contributed by atoms with Crippen molar-refractivity contribution in [3.05, 3.63) is 70.0 Å². The van der Waals surface area contributed by atoms with Gasteiger partial charge in [0.25, 0.3) is 5.56 Å². The zero-order valence-corrected chi connectivity index (χ0v) is 19.4. The maximum atomic E-state index is 12.8. The number of ether oxygens (including phenoxy) is 2. The summed E-state index contributed by atoms with van der Waals surface area (Å²) < 4.78 is 10.9. The van der Waals surface area contributed by atoms with E-state index in [1.165, 1.54) is 0 Å². The number of aromatic amines is 1. The van der Waals surface area contributed by atoms with Crippen molar-refractivity contribution in [3.8, 4) is 11.5 Å². The van der Waals surface area contributed by atoms with Crippen LogP contribution in [0.25, 0.3) is 10.9 Å². The fourth-order valence-corrected chi connectivity index (χ4v) is 3.97. The van der Waals surface area contributed by atoms with Gasteiger partial charge in [-0.15, -0.1) is 0 Å². The number of rotatable bonds is 7. The summed E-state index contributed by atoms with van der Waals surface area (Å²) in [5, 5.41) is 4.94. The normalized spacial score (nSPS) is 13.4. The third kappa shape index (κ3) is 5.03. The Morgan fingerprint density at radius 1 is 1.12 bits per heavy atom. The van der Waals surface area contributed by atoms with Crippen molar-refractivity contribution in [1.82, 2.24) is 20.1 Å². The first-order valence-electron chi connectivity index (χ1n) is 10.6. The second-order valence-corrected chi connectivity index (χ2v) is 8.61. The van der Waals surface area contributed by atoms with Crippen LogP contribution in [0.5, 0.6) is 11.5 Å². The third-order valence-corrected chi connectivity index (χ3v) is 5.90. The molecule has 0 bridgehead atoms.